The first-order valence-corrected chi connectivity index (χ1v) is 3.08. The first-order chi connectivity index (χ1) is 3.91. The van der Waals surface area contributed by atoms with Crippen LogP contribution in [0.1, 0.15) is 0 Å². The molecule has 0 unspecified atom stereocenters. The molecular formula is C5H11N3. The van der Waals surface area contributed by atoms with E-state index in [9.17, 15) is 0 Å². The fraction of sp³-hybridized carbons (Fsp3) is 1.00. The summed E-state index contributed by atoms with van der Waals surface area (Å²) in [6.45, 7) is 4.40. The lowest BCUT2D eigenvalue weighted by atomic mass is 9.94. The Labute approximate surface area is 48.8 Å². The fourth-order valence-corrected chi connectivity index (χ4v) is 1.29. The smallest absolute Gasteiger partial charge is 0.0568 e. The van der Waals surface area contributed by atoms with Gasteiger partial charge in [-0.05, 0) is 0 Å². The molecule has 0 radical (unpaired) electrons. The van der Waals surface area contributed by atoms with Gasteiger partial charge >= 0.3 is 0 Å². The van der Waals surface area contributed by atoms with E-state index in [1.165, 1.54) is 0 Å². The second kappa shape index (κ2) is 1.43. The molecule has 46 valence electrons. The van der Waals surface area contributed by atoms with Crippen molar-refractivity contribution in [2.24, 2.45) is 0 Å². The summed E-state index contributed by atoms with van der Waals surface area (Å²) >= 11 is 0. The maximum absolute atomic E-state index is 3.40. The van der Waals surface area contributed by atoms with Gasteiger partial charge in [-0.1, -0.05) is 0 Å². The van der Waals surface area contributed by atoms with E-state index in [0.717, 1.165) is 26.3 Å². The van der Waals surface area contributed by atoms with E-state index >= 15 is 0 Å². The molecular weight excluding hydrogens is 102 g/mol. The van der Waals surface area contributed by atoms with Crippen LogP contribution in [0.5, 0.6) is 0 Å². The highest BCUT2D eigenvalue weighted by Gasteiger charge is 2.38. The summed E-state index contributed by atoms with van der Waals surface area (Å²) in [6, 6.07) is 0. The quantitative estimate of drug-likeness (QED) is 0.357. The van der Waals surface area contributed by atoms with Crippen LogP contribution in [0.25, 0.3) is 0 Å². The number of hydrogen-bond acceptors (Lipinski definition) is 3. The van der Waals surface area contributed by atoms with Crippen LogP contribution in [0.15, 0.2) is 0 Å². The third-order valence-electron chi connectivity index (χ3n) is 1.98. The van der Waals surface area contributed by atoms with Crippen LogP contribution in [0.2, 0.25) is 0 Å². The predicted octanol–water partition coefficient (Wildman–Crippen LogP) is -1.52. The van der Waals surface area contributed by atoms with Crippen LogP contribution in [0.3, 0.4) is 0 Å². The molecule has 2 fully saturated rings. The minimum absolute atomic E-state index is 0.444. The summed E-state index contributed by atoms with van der Waals surface area (Å²) in [6.07, 6.45) is 0. The van der Waals surface area contributed by atoms with Crippen LogP contribution in [-0.4, -0.2) is 31.8 Å². The van der Waals surface area contributed by atoms with Gasteiger partial charge in [-0.15, -0.1) is 0 Å². The van der Waals surface area contributed by atoms with E-state index < -0.39 is 0 Å². The second-order valence-electron chi connectivity index (χ2n) is 2.66. The molecule has 8 heavy (non-hydrogen) atoms. The Kier molecular flexibility index (Phi) is 0.848. The average molecular weight is 113 g/mol. The zero-order valence-corrected chi connectivity index (χ0v) is 4.83. The predicted molar refractivity (Wildman–Crippen MR) is 31.6 cm³/mol. The zero-order valence-electron chi connectivity index (χ0n) is 4.83. The Bertz CT molecular complexity index is 89.8. The standard InChI is InChI=1S/C5H11N3/c1-5(2-6-1)3-7-4-8-5/h6-8H,1-4H2. The summed E-state index contributed by atoms with van der Waals surface area (Å²) in [5, 5.41) is 9.90. The Morgan fingerprint density at radius 3 is 2.00 bits per heavy atom. The van der Waals surface area contributed by atoms with E-state index in [1.54, 1.807) is 0 Å². The number of hydrogen-bond donors (Lipinski definition) is 3. The van der Waals surface area contributed by atoms with Gasteiger partial charge in [0.15, 0.2) is 0 Å². The van der Waals surface area contributed by atoms with Crippen molar-refractivity contribution in [1.29, 1.82) is 0 Å². The minimum Gasteiger partial charge on any atom is -0.313 e. The Morgan fingerprint density at radius 1 is 1.00 bits per heavy atom. The normalized spacial score (nSPS) is 33.0. The van der Waals surface area contributed by atoms with E-state index in [1.807, 2.05) is 0 Å². The lowest BCUT2D eigenvalue weighted by Gasteiger charge is -2.38. The van der Waals surface area contributed by atoms with Gasteiger partial charge in [0.2, 0.25) is 0 Å². The van der Waals surface area contributed by atoms with E-state index in [0.29, 0.717) is 5.54 Å². The maximum atomic E-state index is 3.40. The summed E-state index contributed by atoms with van der Waals surface area (Å²) in [4.78, 5) is 0. The topological polar surface area (TPSA) is 36.1 Å². The molecule has 0 aromatic carbocycles. The molecule has 0 saturated carbocycles. The van der Waals surface area contributed by atoms with Crippen molar-refractivity contribution in [2.75, 3.05) is 26.3 Å². The SMILES string of the molecule is C1NCC2(CNC2)N1. The van der Waals surface area contributed by atoms with Crippen LogP contribution in [0.4, 0.5) is 0 Å². The van der Waals surface area contributed by atoms with Crippen molar-refractivity contribution < 1.29 is 0 Å². The first kappa shape index (κ1) is 4.73. The summed E-state index contributed by atoms with van der Waals surface area (Å²) in [5.74, 6) is 0. The molecule has 3 N–H and O–H groups in total. The molecule has 0 amide bonds. The first-order valence-electron chi connectivity index (χ1n) is 3.08. The summed E-state index contributed by atoms with van der Waals surface area (Å²) < 4.78 is 0. The highest BCUT2D eigenvalue weighted by molar-refractivity contribution is 5.04. The zero-order chi connectivity index (χ0) is 5.45. The molecule has 0 aliphatic carbocycles. The van der Waals surface area contributed by atoms with Crippen LogP contribution in [0, 0.1) is 0 Å². The molecule has 2 saturated heterocycles. The van der Waals surface area contributed by atoms with Gasteiger partial charge in [0, 0.05) is 26.3 Å². The van der Waals surface area contributed by atoms with Gasteiger partial charge in [0.1, 0.15) is 0 Å². The van der Waals surface area contributed by atoms with E-state index in [4.69, 9.17) is 0 Å². The highest BCUT2D eigenvalue weighted by Crippen LogP contribution is 2.11. The lowest BCUT2D eigenvalue weighted by Crippen LogP contribution is -2.66. The number of rotatable bonds is 0. The van der Waals surface area contributed by atoms with E-state index in [2.05, 4.69) is 16.0 Å². The third kappa shape index (κ3) is 0.491. The Balaban J connectivity index is 2.01. The van der Waals surface area contributed by atoms with Crippen molar-refractivity contribution in [1.82, 2.24) is 16.0 Å². The lowest BCUT2D eigenvalue weighted by molar-refractivity contribution is 0.264. The average Bonchev–Trinajstić information content (AvgIpc) is 2.07. The fourth-order valence-electron chi connectivity index (χ4n) is 1.29. The summed E-state index contributed by atoms with van der Waals surface area (Å²) in [7, 11) is 0. The summed E-state index contributed by atoms with van der Waals surface area (Å²) in [5.41, 5.74) is 0.444. The minimum atomic E-state index is 0.444. The molecule has 1 spiro atoms. The molecule has 0 aromatic heterocycles. The molecule has 2 heterocycles. The van der Waals surface area contributed by atoms with Crippen LogP contribution in [-0.2, 0) is 0 Å². The Hall–Kier alpha value is -0.120. The van der Waals surface area contributed by atoms with Crippen LogP contribution < -0.4 is 16.0 Å². The molecule has 0 aromatic rings. The monoisotopic (exact) mass is 113 g/mol. The molecule has 3 heteroatoms. The van der Waals surface area contributed by atoms with Gasteiger partial charge in [0.05, 0.1) is 5.54 Å². The van der Waals surface area contributed by atoms with Gasteiger partial charge in [0.25, 0.3) is 0 Å². The third-order valence-corrected chi connectivity index (χ3v) is 1.98. The largest absolute Gasteiger partial charge is 0.313 e. The van der Waals surface area contributed by atoms with Gasteiger partial charge < -0.3 is 10.6 Å². The Morgan fingerprint density at radius 2 is 1.75 bits per heavy atom. The van der Waals surface area contributed by atoms with Crippen LogP contribution >= 0.6 is 0 Å². The van der Waals surface area contributed by atoms with Crippen molar-refractivity contribution >= 4 is 0 Å². The number of nitrogens with one attached hydrogen (secondary N) is 3. The highest BCUT2D eigenvalue weighted by atomic mass is 15.3. The molecule has 3 nitrogen and oxygen atoms in total. The van der Waals surface area contributed by atoms with Crippen molar-refractivity contribution in [2.45, 2.75) is 5.54 Å². The van der Waals surface area contributed by atoms with Gasteiger partial charge in [-0.25, -0.2) is 0 Å². The molecule has 2 aliphatic heterocycles. The van der Waals surface area contributed by atoms with Gasteiger partial charge in [-0.2, -0.15) is 0 Å². The van der Waals surface area contributed by atoms with E-state index in [-0.39, 0.29) is 0 Å². The molecule has 2 aliphatic rings. The van der Waals surface area contributed by atoms with Crippen molar-refractivity contribution in [3.63, 3.8) is 0 Å². The van der Waals surface area contributed by atoms with Gasteiger partial charge in [-0.3, -0.25) is 5.32 Å². The maximum Gasteiger partial charge on any atom is 0.0568 e. The van der Waals surface area contributed by atoms with Crippen molar-refractivity contribution in [3.8, 4) is 0 Å². The second-order valence-corrected chi connectivity index (χ2v) is 2.66. The molecule has 0 bridgehead atoms. The molecule has 2 rings (SSSR count). The molecule has 0 atom stereocenters. The van der Waals surface area contributed by atoms with Crippen molar-refractivity contribution in [3.05, 3.63) is 0 Å².